The molecular weight excluding hydrogens is 246 g/mol. The number of benzene rings is 2. The van der Waals surface area contributed by atoms with Crippen LogP contribution in [0, 0.1) is 0 Å². The molecule has 0 bridgehead atoms. The van der Waals surface area contributed by atoms with Crippen LogP contribution < -0.4 is 0 Å². The van der Waals surface area contributed by atoms with Gasteiger partial charge in [-0.05, 0) is 11.1 Å². The van der Waals surface area contributed by atoms with E-state index in [-0.39, 0.29) is 0 Å². The van der Waals surface area contributed by atoms with Crippen LogP contribution >= 0.6 is 0 Å². The van der Waals surface area contributed by atoms with E-state index >= 15 is 0 Å². The molecule has 0 radical (unpaired) electrons. The van der Waals surface area contributed by atoms with Crippen molar-refractivity contribution in [3.63, 3.8) is 0 Å². The molecule has 0 aromatic heterocycles. The third-order valence-corrected chi connectivity index (χ3v) is 2.12. The normalized spacial score (nSPS) is 9.26. The zero-order valence-corrected chi connectivity index (χ0v) is 10.1. The summed E-state index contributed by atoms with van der Waals surface area (Å²) in [7, 11) is -4.25. The molecule has 0 heterocycles. The molecule has 5 nitrogen and oxygen atoms in total. The first kappa shape index (κ1) is 15.4. The molecule has 0 atom stereocenters. The highest BCUT2D eigenvalue weighted by molar-refractivity contribution is 6.48. The maximum atomic E-state index is 7.74. The van der Waals surface area contributed by atoms with Crippen molar-refractivity contribution in [2.24, 2.45) is 0 Å². The van der Waals surface area contributed by atoms with Crippen molar-refractivity contribution in [1.29, 1.82) is 0 Å². The Morgan fingerprint density at radius 3 is 1.11 bits per heavy atom. The molecule has 7 heteroatoms. The maximum Gasteiger partial charge on any atom is 0.621 e. The van der Waals surface area contributed by atoms with Crippen molar-refractivity contribution < 1.29 is 24.7 Å². The van der Waals surface area contributed by atoms with Crippen molar-refractivity contribution in [3.8, 4) is 11.1 Å². The molecule has 0 fully saturated rings. The summed E-state index contributed by atoms with van der Waals surface area (Å²) in [5.41, 5.74) is 2.55. The van der Waals surface area contributed by atoms with Crippen LogP contribution in [-0.2, 0) is 4.57 Å². The van der Waals surface area contributed by atoms with Gasteiger partial charge in [-0.25, -0.2) is 0 Å². The van der Waals surface area contributed by atoms with Gasteiger partial charge >= 0.3 is 14.6 Å². The molecule has 19 heavy (non-hydrogen) atoms. The van der Waals surface area contributed by atoms with Gasteiger partial charge in [0.2, 0.25) is 0 Å². The minimum absolute atomic E-state index is 1.28. The van der Waals surface area contributed by atoms with Crippen molar-refractivity contribution in [2.45, 2.75) is 0 Å². The summed E-state index contributed by atoms with van der Waals surface area (Å²) < 4.78 is 3.47. The zero-order valence-electron chi connectivity index (χ0n) is 10.1. The standard InChI is InChI=1S/C12H10.B2H4O5/c1-3-7-11(8-4-1)12-9-5-2-6-10-12;3-1(4)7-2(5)6/h1-10H;3-6H. The fourth-order valence-corrected chi connectivity index (χ4v) is 1.37. The minimum Gasteiger partial charge on any atom is -0.402 e. The van der Waals surface area contributed by atoms with E-state index in [0.717, 1.165) is 0 Å². The van der Waals surface area contributed by atoms with Crippen LogP contribution in [0.25, 0.3) is 11.1 Å². The molecule has 0 spiro atoms. The number of hydrogen-bond acceptors (Lipinski definition) is 5. The average Bonchev–Trinajstić information content (AvgIpc) is 2.40. The van der Waals surface area contributed by atoms with Crippen molar-refractivity contribution in [1.82, 2.24) is 0 Å². The predicted molar refractivity (Wildman–Crippen MR) is 73.3 cm³/mol. The highest BCUT2D eigenvalue weighted by atomic mass is 16.7. The van der Waals surface area contributed by atoms with Gasteiger partial charge in [0.1, 0.15) is 0 Å². The first-order chi connectivity index (χ1) is 9.09. The van der Waals surface area contributed by atoms with E-state index in [4.69, 9.17) is 20.1 Å². The Bertz CT molecular complexity index is 407. The van der Waals surface area contributed by atoms with Crippen LogP contribution in [0.4, 0.5) is 0 Å². The van der Waals surface area contributed by atoms with Gasteiger partial charge in [0.05, 0.1) is 0 Å². The quantitative estimate of drug-likeness (QED) is 0.595. The summed E-state index contributed by atoms with van der Waals surface area (Å²) in [5, 5.41) is 30.9. The summed E-state index contributed by atoms with van der Waals surface area (Å²) in [5.74, 6) is 0. The van der Waals surface area contributed by atoms with Crippen LogP contribution in [0.15, 0.2) is 60.7 Å². The first-order valence-corrected chi connectivity index (χ1v) is 5.58. The second-order valence-electron chi connectivity index (χ2n) is 3.52. The molecule has 0 aliphatic heterocycles. The molecule has 2 rings (SSSR count). The molecule has 0 saturated heterocycles. The van der Waals surface area contributed by atoms with Gasteiger partial charge < -0.3 is 24.7 Å². The van der Waals surface area contributed by atoms with Gasteiger partial charge in [0.15, 0.2) is 0 Å². The highest BCUT2D eigenvalue weighted by Crippen LogP contribution is 2.17. The Balaban J connectivity index is 0.000000224. The topological polar surface area (TPSA) is 90.2 Å². The van der Waals surface area contributed by atoms with E-state index < -0.39 is 14.6 Å². The molecule has 2 aromatic rings. The van der Waals surface area contributed by atoms with Gasteiger partial charge in [0.25, 0.3) is 0 Å². The van der Waals surface area contributed by atoms with E-state index in [1.54, 1.807) is 0 Å². The molecule has 0 aliphatic carbocycles. The summed E-state index contributed by atoms with van der Waals surface area (Å²) in [6, 6.07) is 20.8. The van der Waals surface area contributed by atoms with Crippen LogP contribution in [-0.4, -0.2) is 34.7 Å². The first-order valence-electron chi connectivity index (χ1n) is 5.58. The second kappa shape index (κ2) is 8.47. The van der Waals surface area contributed by atoms with Gasteiger partial charge in [-0.15, -0.1) is 0 Å². The largest absolute Gasteiger partial charge is 0.621 e. The van der Waals surface area contributed by atoms with Gasteiger partial charge in [-0.2, -0.15) is 0 Å². The lowest BCUT2D eigenvalue weighted by atomic mass is 10.1. The molecule has 0 aliphatic rings. The van der Waals surface area contributed by atoms with Crippen molar-refractivity contribution >= 4 is 14.6 Å². The Labute approximate surface area is 112 Å². The van der Waals surface area contributed by atoms with Crippen LogP contribution in [0.3, 0.4) is 0 Å². The monoisotopic (exact) mass is 260 g/mol. The van der Waals surface area contributed by atoms with Crippen LogP contribution in [0.2, 0.25) is 0 Å². The maximum absolute atomic E-state index is 7.74. The summed E-state index contributed by atoms with van der Waals surface area (Å²) in [6.07, 6.45) is 0. The third-order valence-electron chi connectivity index (χ3n) is 2.12. The fourth-order valence-electron chi connectivity index (χ4n) is 1.37. The lowest BCUT2D eigenvalue weighted by Gasteiger charge is -1.98. The third kappa shape index (κ3) is 6.75. The lowest BCUT2D eigenvalue weighted by Crippen LogP contribution is -2.28. The average molecular weight is 260 g/mol. The molecule has 4 N–H and O–H groups in total. The fraction of sp³-hybridized carbons (Fsp3) is 0. The lowest BCUT2D eigenvalue weighted by molar-refractivity contribution is 0.213. The second-order valence-corrected chi connectivity index (χ2v) is 3.52. The number of hydrogen-bond donors (Lipinski definition) is 4. The van der Waals surface area contributed by atoms with E-state index in [1.165, 1.54) is 11.1 Å². The summed E-state index contributed by atoms with van der Waals surface area (Å²) >= 11 is 0. The molecule has 0 amide bonds. The SMILES string of the molecule is OB(O)OB(O)O.c1ccc(-c2ccccc2)cc1. The Morgan fingerprint density at radius 1 is 0.579 bits per heavy atom. The minimum atomic E-state index is -2.13. The molecule has 2 aromatic carbocycles. The van der Waals surface area contributed by atoms with Crippen LogP contribution in [0.1, 0.15) is 0 Å². The van der Waals surface area contributed by atoms with E-state index in [2.05, 4.69) is 53.1 Å². The van der Waals surface area contributed by atoms with E-state index in [1.807, 2.05) is 12.1 Å². The van der Waals surface area contributed by atoms with Gasteiger partial charge in [0, 0.05) is 0 Å². The van der Waals surface area contributed by atoms with Gasteiger partial charge in [-0.3, -0.25) is 0 Å². The molecule has 0 saturated carbocycles. The predicted octanol–water partition coefficient (Wildman–Crippen LogP) is 0.296. The Hall–Kier alpha value is -1.63. The van der Waals surface area contributed by atoms with Crippen molar-refractivity contribution in [2.75, 3.05) is 0 Å². The zero-order chi connectivity index (χ0) is 14.1. The smallest absolute Gasteiger partial charge is 0.402 e. The summed E-state index contributed by atoms with van der Waals surface area (Å²) in [4.78, 5) is 0. The number of rotatable bonds is 3. The molecule has 0 unspecified atom stereocenters. The highest BCUT2D eigenvalue weighted by Gasteiger charge is 2.18. The van der Waals surface area contributed by atoms with Gasteiger partial charge in [-0.1, -0.05) is 60.7 Å². The van der Waals surface area contributed by atoms with E-state index in [9.17, 15) is 0 Å². The summed E-state index contributed by atoms with van der Waals surface area (Å²) in [6.45, 7) is 0. The Morgan fingerprint density at radius 2 is 0.895 bits per heavy atom. The Kier molecular flexibility index (Phi) is 6.88. The van der Waals surface area contributed by atoms with Crippen molar-refractivity contribution in [3.05, 3.63) is 60.7 Å². The molecular formula is C12H14B2O5. The molecule has 98 valence electrons. The van der Waals surface area contributed by atoms with Crippen LogP contribution in [0.5, 0.6) is 0 Å². The van der Waals surface area contributed by atoms with E-state index in [0.29, 0.717) is 0 Å².